The van der Waals surface area contributed by atoms with Crippen LogP contribution in [0.2, 0.25) is 0 Å². The number of hydrogen-bond donors (Lipinski definition) is 1. The maximum absolute atomic E-state index is 13.6. The molecule has 0 saturated heterocycles. The second-order valence-electron chi connectivity index (χ2n) is 9.84. The van der Waals surface area contributed by atoms with Gasteiger partial charge >= 0.3 is 0 Å². The summed E-state index contributed by atoms with van der Waals surface area (Å²) in [5.41, 5.74) is 0.805. The molecule has 0 fully saturated rings. The van der Waals surface area contributed by atoms with Crippen LogP contribution in [0.1, 0.15) is 33.3 Å². The second kappa shape index (κ2) is 11.2. The molecule has 0 bridgehead atoms. The first-order valence-corrected chi connectivity index (χ1v) is 13.7. The van der Waals surface area contributed by atoms with Crippen molar-refractivity contribution in [2.45, 2.75) is 45.7 Å². The maximum Gasteiger partial charge on any atom is 0.244 e. The topological polar surface area (TPSA) is 105 Å². The predicted octanol–water partition coefficient (Wildman–Crippen LogP) is 2.60. The molecule has 0 unspecified atom stereocenters. The number of rotatable bonds is 9. The number of anilines is 1. The summed E-state index contributed by atoms with van der Waals surface area (Å²) in [6.45, 7) is 7.79. The van der Waals surface area contributed by atoms with E-state index in [1.807, 2.05) is 51.1 Å². The molecule has 2 aromatic carbocycles. The summed E-state index contributed by atoms with van der Waals surface area (Å²) < 4.78 is 37.6. The summed E-state index contributed by atoms with van der Waals surface area (Å²) in [4.78, 5) is 28.0. The molecular formula is C26H35N3O6S. The minimum atomic E-state index is -3.83. The summed E-state index contributed by atoms with van der Waals surface area (Å²) in [6.07, 6.45) is 1.56. The van der Waals surface area contributed by atoms with E-state index in [1.54, 1.807) is 25.1 Å². The predicted molar refractivity (Wildman–Crippen MR) is 139 cm³/mol. The fourth-order valence-corrected chi connectivity index (χ4v) is 4.69. The molecule has 2 aromatic rings. The average Bonchev–Trinajstić information content (AvgIpc) is 2.81. The summed E-state index contributed by atoms with van der Waals surface area (Å²) in [7, 11) is -3.83. The second-order valence-corrected chi connectivity index (χ2v) is 11.7. The Morgan fingerprint density at radius 3 is 2.28 bits per heavy atom. The van der Waals surface area contributed by atoms with Gasteiger partial charge in [-0.2, -0.15) is 0 Å². The largest absolute Gasteiger partial charge is 0.486 e. The van der Waals surface area contributed by atoms with E-state index in [0.29, 0.717) is 31.1 Å². The lowest BCUT2D eigenvalue weighted by Gasteiger charge is -2.33. The van der Waals surface area contributed by atoms with Crippen LogP contribution in [0.15, 0.2) is 48.5 Å². The van der Waals surface area contributed by atoms with Crippen molar-refractivity contribution in [3.8, 4) is 11.5 Å². The molecule has 10 heteroatoms. The van der Waals surface area contributed by atoms with Crippen LogP contribution < -0.4 is 19.1 Å². The number of benzene rings is 2. The Labute approximate surface area is 213 Å². The minimum absolute atomic E-state index is 0.250. The van der Waals surface area contributed by atoms with Gasteiger partial charge in [-0.1, -0.05) is 30.3 Å². The smallest absolute Gasteiger partial charge is 0.244 e. The van der Waals surface area contributed by atoms with Gasteiger partial charge in [-0.3, -0.25) is 13.9 Å². The van der Waals surface area contributed by atoms with Crippen molar-refractivity contribution in [3.63, 3.8) is 0 Å². The number of amides is 2. The van der Waals surface area contributed by atoms with E-state index in [1.165, 1.54) is 4.90 Å². The van der Waals surface area contributed by atoms with Crippen molar-refractivity contribution in [2.75, 3.05) is 36.9 Å². The highest BCUT2D eigenvalue weighted by atomic mass is 32.2. The van der Waals surface area contributed by atoms with Crippen molar-refractivity contribution in [3.05, 3.63) is 54.1 Å². The summed E-state index contributed by atoms with van der Waals surface area (Å²) in [5, 5.41) is 2.91. The molecular weight excluding hydrogens is 482 g/mol. The third kappa shape index (κ3) is 7.36. The highest BCUT2D eigenvalue weighted by Crippen LogP contribution is 2.34. The van der Waals surface area contributed by atoms with Crippen LogP contribution in [-0.4, -0.2) is 69.3 Å². The third-order valence-electron chi connectivity index (χ3n) is 5.64. The molecule has 1 aliphatic rings. The highest BCUT2D eigenvalue weighted by molar-refractivity contribution is 7.92. The number of fused-ring (bicyclic) bond motifs is 1. The minimum Gasteiger partial charge on any atom is -0.486 e. The number of carbonyl (C=O) groups excluding carboxylic acids is 2. The van der Waals surface area contributed by atoms with Gasteiger partial charge in [0.05, 0.1) is 11.9 Å². The van der Waals surface area contributed by atoms with Crippen molar-refractivity contribution >= 4 is 27.5 Å². The zero-order chi connectivity index (χ0) is 26.5. The number of ether oxygens (including phenoxy) is 2. The zero-order valence-electron chi connectivity index (χ0n) is 21.5. The van der Waals surface area contributed by atoms with E-state index >= 15 is 0 Å². The molecule has 3 rings (SSSR count). The lowest BCUT2D eigenvalue weighted by Crippen LogP contribution is -2.55. The number of nitrogens with one attached hydrogen (secondary N) is 1. The molecule has 0 spiro atoms. The van der Waals surface area contributed by atoms with Gasteiger partial charge in [0, 0.05) is 18.2 Å². The maximum atomic E-state index is 13.6. The van der Waals surface area contributed by atoms with Crippen LogP contribution in [0.4, 0.5) is 5.69 Å². The van der Waals surface area contributed by atoms with E-state index in [2.05, 4.69) is 5.32 Å². The molecule has 36 heavy (non-hydrogen) atoms. The molecule has 0 aromatic heterocycles. The van der Waals surface area contributed by atoms with Crippen LogP contribution >= 0.6 is 0 Å². The van der Waals surface area contributed by atoms with E-state index < -0.39 is 34.1 Å². The first kappa shape index (κ1) is 27.3. The van der Waals surface area contributed by atoms with Crippen molar-refractivity contribution in [2.24, 2.45) is 0 Å². The van der Waals surface area contributed by atoms with Gasteiger partial charge in [-0.05, 0) is 51.8 Å². The first-order chi connectivity index (χ1) is 16.8. The Morgan fingerprint density at radius 1 is 1.03 bits per heavy atom. The van der Waals surface area contributed by atoms with Crippen LogP contribution in [0.5, 0.6) is 11.5 Å². The van der Waals surface area contributed by atoms with Crippen LogP contribution in [-0.2, 0) is 26.0 Å². The lowest BCUT2D eigenvalue weighted by atomic mass is 10.1. The van der Waals surface area contributed by atoms with Gasteiger partial charge < -0.3 is 19.7 Å². The van der Waals surface area contributed by atoms with Gasteiger partial charge in [-0.25, -0.2) is 8.42 Å². The summed E-state index contributed by atoms with van der Waals surface area (Å²) in [6, 6.07) is 13.6. The average molecular weight is 518 g/mol. The van der Waals surface area contributed by atoms with Crippen LogP contribution in [0, 0.1) is 0 Å². The standard InChI is InChI=1S/C26H35N3O6S/c1-19(25(31)27-26(2,3)4)28(14-13-20-9-7-6-8-10-20)24(30)18-29(36(5,32)33)21-11-12-22-23(17-21)35-16-15-34-22/h6-12,17,19H,13-16,18H2,1-5H3,(H,27,31)/t19-/m0/s1. The molecule has 2 amide bonds. The SMILES string of the molecule is C[C@@H](C(=O)NC(C)(C)C)N(CCc1ccccc1)C(=O)CN(c1ccc2c(c1)OCCO2)S(C)(=O)=O. The van der Waals surface area contributed by atoms with Gasteiger partial charge in [0.25, 0.3) is 0 Å². The normalized spacial score (nSPS) is 14.0. The van der Waals surface area contributed by atoms with Crippen LogP contribution in [0.25, 0.3) is 0 Å². The Bertz CT molecular complexity index is 1180. The van der Waals surface area contributed by atoms with Gasteiger partial charge in [0.15, 0.2) is 11.5 Å². The molecule has 0 aliphatic carbocycles. The van der Waals surface area contributed by atoms with Gasteiger partial charge in [-0.15, -0.1) is 0 Å². The van der Waals surface area contributed by atoms with Crippen molar-refractivity contribution in [1.82, 2.24) is 10.2 Å². The quantitative estimate of drug-likeness (QED) is 0.548. The number of sulfonamides is 1. The first-order valence-electron chi connectivity index (χ1n) is 11.9. The molecule has 1 N–H and O–H groups in total. The Kier molecular flexibility index (Phi) is 8.50. The summed E-state index contributed by atoms with van der Waals surface area (Å²) >= 11 is 0. The fraction of sp³-hybridized carbons (Fsp3) is 0.462. The van der Waals surface area contributed by atoms with Gasteiger partial charge in [0.2, 0.25) is 21.8 Å². The van der Waals surface area contributed by atoms with Gasteiger partial charge in [0.1, 0.15) is 25.8 Å². The number of nitrogens with zero attached hydrogens (tertiary/aromatic N) is 2. The Morgan fingerprint density at radius 2 is 1.67 bits per heavy atom. The lowest BCUT2D eigenvalue weighted by molar-refractivity contribution is -0.139. The molecule has 1 aliphatic heterocycles. The molecule has 1 atom stereocenters. The van der Waals surface area contributed by atoms with E-state index in [-0.39, 0.29) is 18.1 Å². The molecule has 0 radical (unpaired) electrons. The molecule has 196 valence electrons. The monoisotopic (exact) mass is 517 g/mol. The van der Waals surface area contributed by atoms with E-state index in [9.17, 15) is 18.0 Å². The van der Waals surface area contributed by atoms with Crippen LogP contribution in [0.3, 0.4) is 0 Å². The zero-order valence-corrected chi connectivity index (χ0v) is 22.3. The molecule has 1 heterocycles. The third-order valence-corrected chi connectivity index (χ3v) is 6.78. The molecule has 0 saturated carbocycles. The Balaban J connectivity index is 1.87. The number of carbonyl (C=O) groups is 2. The fourth-order valence-electron chi connectivity index (χ4n) is 3.85. The highest BCUT2D eigenvalue weighted by Gasteiger charge is 2.31. The summed E-state index contributed by atoms with van der Waals surface area (Å²) in [5.74, 6) is 0.136. The molecule has 9 nitrogen and oxygen atoms in total. The van der Waals surface area contributed by atoms with Crippen molar-refractivity contribution in [1.29, 1.82) is 0 Å². The Hall–Kier alpha value is -3.27. The van der Waals surface area contributed by atoms with Crippen molar-refractivity contribution < 1.29 is 27.5 Å². The number of hydrogen-bond acceptors (Lipinski definition) is 6. The van der Waals surface area contributed by atoms with E-state index in [0.717, 1.165) is 16.1 Å². The van der Waals surface area contributed by atoms with E-state index in [4.69, 9.17) is 9.47 Å².